The second-order valence-corrected chi connectivity index (χ2v) is 4.27. The normalized spacial score (nSPS) is 10.7. The van der Waals surface area contributed by atoms with E-state index in [9.17, 15) is 0 Å². The van der Waals surface area contributed by atoms with E-state index >= 15 is 0 Å². The molecule has 0 aliphatic heterocycles. The molecule has 3 nitrogen and oxygen atoms in total. The Bertz CT molecular complexity index is 569. The molecular weight excluding hydrogens is 210 g/mol. The molecule has 0 atom stereocenters. The van der Waals surface area contributed by atoms with Crippen molar-refractivity contribution in [2.45, 2.75) is 13.5 Å². The Morgan fingerprint density at radius 2 is 2.12 bits per heavy atom. The minimum Gasteiger partial charge on any atom is -0.289 e. The fourth-order valence-corrected chi connectivity index (χ4v) is 1.99. The molecule has 17 heavy (non-hydrogen) atoms. The molecule has 0 radical (unpaired) electrons. The largest absolute Gasteiger partial charge is 0.289 e. The molecule has 0 fully saturated rings. The first-order chi connectivity index (χ1) is 8.20. The average molecular weight is 225 g/mol. The van der Waals surface area contributed by atoms with Crippen LogP contribution in [0.3, 0.4) is 0 Å². The molecule has 0 saturated heterocycles. The van der Waals surface area contributed by atoms with Crippen molar-refractivity contribution >= 4 is 10.9 Å². The molecule has 0 unspecified atom stereocenters. The number of hydrogen-bond acceptors (Lipinski definition) is 3. The highest BCUT2D eigenvalue weighted by atomic mass is 15.1. The van der Waals surface area contributed by atoms with Crippen LogP contribution in [0.2, 0.25) is 0 Å². The zero-order valence-corrected chi connectivity index (χ0v) is 10.1. The predicted molar refractivity (Wildman–Crippen MR) is 68.4 cm³/mol. The Balaban J connectivity index is 2.42. The summed E-state index contributed by atoms with van der Waals surface area (Å²) in [7, 11) is 1.95. The summed E-state index contributed by atoms with van der Waals surface area (Å²) < 4.78 is 0. The minimum atomic E-state index is 0.440. The molecule has 0 N–H and O–H groups in total. The molecule has 0 saturated carbocycles. The summed E-state index contributed by atoms with van der Waals surface area (Å²) in [6.45, 7) is 3.22. The highest BCUT2D eigenvalue weighted by molar-refractivity contribution is 5.82. The van der Waals surface area contributed by atoms with Gasteiger partial charge in [0.2, 0.25) is 0 Å². The molecule has 3 heteroatoms. The van der Waals surface area contributed by atoms with Crippen molar-refractivity contribution in [3.05, 3.63) is 41.6 Å². The second kappa shape index (κ2) is 4.94. The molecule has 0 bridgehead atoms. The Labute approximate surface area is 101 Å². The van der Waals surface area contributed by atoms with Gasteiger partial charge in [0.25, 0.3) is 0 Å². The summed E-state index contributed by atoms with van der Waals surface area (Å²) in [4.78, 5) is 6.51. The number of rotatable bonds is 3. The van der Waals surface area contributed by atoms with E-state index in [4.69, 9.17) is 5.26 Å². The van der Waals surface area contributed by atoms with Gasteiger partial charge < -0.3 is 0 Å². The van der Waals surface area contributed by atoms with Crippen LogP contribution >= 0.6 is 0 Å². The molecule has 2 rings (SSSR count). The molecular formula is C14H15N3. The molecule has 0 aliphatic carbocycles. The van der Waals surface area contributed by atoms with Crippen LogP contribution in [0.4, 0.5) is 0 Å². The van der Waals surface area contributed by atoms with Crippen molar-refractivity contribution in [1.82, 2.24) is 9.88 Å². The molecule has 0 aliphatic rings. The smallest absolute Gasteiger partial charge is 0.0866 e. The first-order valence-corrected chi connectivity index (χ1v) is 5.61. The van der Waals surface area contributed by atoms with Crippen LogP contribution in [-0.4, -0.2) is 23.5 Å². The van der Waals surface area contributed by atoms with Gasteiger partial charge in [0.05, 0.1) is 18.1 Å². The fraction of sp³-hybridized carbons (Fsp3) is 0.286. The Morgan fingerprint density at radius 3 is 2.88 bits per heavy atom. The van der Waals surface area contributed by atoms with Gasteiger partial charge >= 0.3 is 0 Å². The second-order valence-electron chi connectivity index (χ2n) is 4.27. The van der Waals surface area contributed by atoms with Crippen molar-refractivity contribution in [3.63, 3.8) is 0 Å². The van der Waals surface area contributed by atoms with Crippen molar-refractivity contribution in [2.75, 3.05) is 13.6 Å². The fourth-order valence-electron chi connectivity index (χ4n) is 1.99. The van der Waals surface area contributed by atoms with E-state index in [0.29, 0.717) is 6.54 Å². The monoisotopic (exact) mass is 225 g/mol. The number of para-hydroxylation sites is 1. The number of pyridine rings is 1. The van der Waals surface area contributed by atoms with Crippen LogP contribution in [0.5, 0.6) is 0 Å². The van der Waals surface area contributed by atoms with E-state index in [1.54, 1.807) is 0 Å². The first-order valence-electron chi connectivity index (χ1n) is 5.61. The van der Waals surface area contributed by atoms with E-state index < -0.39 is 0 Å². The van der Waals surface area contributed by atoms with E-state index in [2.05, 4.69) is 23.2 Å². The van der Waals surface area contributed by atoms with Crippen molar-refractivity contribution in [1.29, 1.82) is 5.26 Å². The lowest BCUT2D eigenvalue weighted by molar-refractivity contribution is 0.369. The maximum absolute atomic E-state index is 8.68. The summed E-state index contributed by atoms with van der Waals surface area (Å²) in [5.41, 5.74) is 3.27. The summed E-state index contributed by atoms with van der Waals surface area (Å²) in [6.07, 6.45) is 0. The van der Waals surface area contributed by atoms with Gasteiger partial charge in [0.1, 0.15) is 0 Å². The third kappa shape index (κ3) is 2.61. The van der Waals surface area contributed by atoms with Crippen LogP contribution in [-0.2, 0) is 6.54 Å². The van der Waals surface area contributed by atoms with E-state index in [0.717, 1.165) is 17.8 Å². The lowest BCUT2D eigenvalue weighted by Gasteiger charge is -2.14. The highest BCUT2D eigenvalue weighted by Crippen LogP contribution is 2.19. The number of nitrogens with zero attached hydrogens (tertiary/aromatic N) is 3. The lowest BCUT2D eigenvalue weighted by Crippen LogP contribution is -2.18. The standard InChI is InChI=1S/C14H15N3/c1-11-9-12(10-17(2)8-7-15)13-5-3-4-6-14(13)16-11/h3-6,9H,8,10H2,1-2H3. The van der Waals surface area contributed by atoms with Gasteiger partial charge in [-0.1, -0.05) is 18.2 Å². The number of fused-ring (bicyclic) bond motifs is 1. The molecule has 1 aromatic carbocycles. The maximum atomic E-state index is 8.68. The minimum absolute atomic E-state index is 0.440. The molecule has 1 aromatic heterocycles. The number of benzene rings is 1. The van der Waals surface area contributed by atoms with E-state index in [1.165, 1.54) is 10.9 Å². The van der Waals surface area contributed by atoms with Crippen LogP contribution in [0.15, 0.2) is 30.3 Å². The molecule has 0 amide bonds. The first kappa shape index (κ1) is 11.6. The number of hydrogen-bond donors (Lipinski definition) is 0. The SMILES string of the molecule is Cc1cc(CN(C)CC#N)c2ccccc2n1. The quantitative estimate of drug-likeness (QED) is 0.753. The molecule has 0 spiro atoms. The Hall–Kier alpha value is -1.92. The molecule has 1 heterocycles. The summed E-state index contributed by atoms with van der Waals surface area (Å²) in [6, 6.07) is 12.4. The summed E-state index contributed by atoms with van der Waals surface area (Å²) in [5.74, 6) is 0. The van der Waals surface area contributed by atoms with E-state index in [-0.39, 0.29) is 0 Å². The Kier molecular flexibility index (Phi) is 3.36. The molecule has 86 valence electrons. The van der Waals surface area contributed by atoms with Gasteiger partial charge in [-0.25, -0.2) is 0 Å². The van der Waals surface area contributed by atoms with Crippen LogP contribution in [0, 0.1) is 18.3 Å². The number of aryl methyl sites for hydroxylation is 1. The van der Waals surface area contributed by atoms with Crippen molar-refractivity contribution in [3.8, 4) is 6.07 Å². The average Bonchev–Trinajstić information content (AvgIpc) is 2.29. The summed E-state index contributed by atoms with van der Waals surface area (Å²) in [5, 5.41) is 9.85. The van der Waals surface area contributed by atoms with Gasteiger partial charge in [-0.3, -0.25) is 9.88 Å². The number of aromatic nitrogens is 1. The van der Waals surface area contributed by atoms with Crippen molar-refractivity contribution < 1.29 is 0 Å². The Morgan fingerprint density at radius 1 is 1.35 bits per heavy atom. The van der Waals surface area contributed by atoms with Gasteiger partial charge in [-0.15, -0.1) is 0 Å². The van der Waals surface area contributed by atoms with Gasteiger partial charge in [-0.2, -0.15) is 5.26 Å². The zero-order chi connectivity index (χ0) is 12.3. The van der Waals surface area contributed by atoms with Crippen molar-refractivity contribution in [2.24, 2.45) is 0 Å². The number of nitriles is 1. The highest BCUT2D eigenvalue weighted by Gasteiger charge is 2.06. The third-order valence-electron chi connectivity index (χ3n) is 2.71. The van der Waals surface area contributed by atoms with Gasteiger partial charge in [0, 0.05) is 17.6 Å². The van der Waals surface area contributed by atoms with Gasteiger partial charge in [-0.05, 0) is 31.7 Å². The third-order valence-corrected chi connectivity index (χ3v) is 2.71. The van der Waals surface area contributed by atoms with Crippen LogP contribution in [0.1, 0.15) is 11.3 Å². The lowest BCUT2D eigenvalue weighted by atomic mass is 10.1. The maximum Gasteiger partial charge on any atom is 0.0866 e. The zero-order valence-electron chi connectivity index (χ0n) is 10.1. The van der Waals surface area contributed by atoms with Crippen LogP contribution in [0.25, 0.3) is 10.9 Å². The predicted octanol–water partition coefficient (Wildman–Crippen LogP) is 2.50. The van der Waals surface area contributed by atoms with E-state index in [1.807, 2.05) is 37.1 Å². The summed E-state index contributed by atoms with van der Waals surface area (Å²) >= 11 is 0. The van der Waals surface area contributed by atoms with Crippen LogP contribution < -0.4 is 0 Å². The molecule has 2 aromatic rings. The van der Waals surface area contributed by atoms with Gasteiger partial charge in [0.15, 0.2) is 0 Å². The topological polar surface area (TPSA) is 39.9 Å².